The summed E-state index contributed by atoms with van der Waals surface area (Å²) in [5.41, 5.74) is 6.64. The van der Waals surface area contributed by atoms with Gasteiger partial charge in [0.25, 0.3) is 5.92 Å². The third kappa shape index (κ3) is 1.42. The number of hydrogen-bond donors (Lipinski definition) is 1. The molecule has 1 aromatic rings. The molecule has 4 heteroatoms. The van der Waals surface area contributed by atoms with Crippen LogP contribution in [0.15, 0.2) is 16.6 Å². The van der Waals surface area contributed by atoms with Crippen molar-refractivity contribution >= 4 is 15.9 Å². The van der Waals surface area contributed by atoms with Gasteiger partial charge in [-0.1, -0.05) is 28.1 Å². The van der Waals surface area contributed by atoms with E-state index in [4.69, 9.17) is 5.73 Å². The molecule has 15 heavy (non-hydrogen) atoms. The lowest BCUT2D eigenvalue weighted by Crippen LogP contribution is -2.28. The molecule has 0 aliphatic heterocycles. The van der Waals surface area contributed by atoms with E-state index in [9.17, 15) is 8.78 Å². The van der Waals surface area contributed by atoms with Crippen LogP contribution >= 0.6 is 15.9 Å². The van der Waals surface area contributed by atoms with Gasteiger partial charge in [-0.3, -0.25) is 0 Å². The van der Waals surface area contributed by atoms with Gasteiger partial charge in [0.15, 0.2) is 0 Å². The first-order valence-electron chi connectivity index (χ1n) is 4.72. The van der Waals surface area contributed by atoms with Gasteiger partial charge in [-0.25, -0.2) is 8.78 Å². The van der Waals surface area contributed by atoms with Crippen LogP contribution in [0.4, 0.5) is 8.78 Å². The van der Waals surface area contributed by atoms with Crippen molar-refractivity contribution in [1.29, 1.82) is 0 Å². The summed E-state index contributed by atoms with van der Waals surface area (Å²) in [5, 5.41) is 0. The van der Waals surface area contributed by atoms with E-state index in [0.29, 0.717) is 5.56 Å². The summed E-state index contributed by atoms with van der Waals surface area (Å²) in [4.78, 5) is 0. The highest BCUT2D eigenvalue weighted by Gasteiger charge is 2.70. The van der Waals surface area contributed by atoms with Crippen LogP contribution in [0.25, 0.3) is 0 Å². The van der Waals surface area contributed by atoms with Gasteiger partial charge in [0.05, 0.1) is 0 Å². The van der Waals surface area contributed by atoms with Gasteiger partial charge in [0.1, 0.15) is 5.54 Å². The number of halogens is 3. The van der Waals surface area contributed by atoms with Crippen LogP contribution in [0, 0.1) is 13.8 Å². The Labute approximate surface area is 95.8 Å². The average molecular weight is 276 g/mol. The minimum absolute atomic E-state index is 0.254. The molecular weight excluding hydrogens is 264 g/mol. The van der Waals surface area contributed by atoms with E-state index in [0.717, 1.165) is 15.6 Å². The lowest BCUT2D eigenvalue weighted by molar-refractivity contribution is 0.0889. The van der Waals surface area contributed by atoms with Crippen molar-refractivity contribution < 1.29 is 8.78 Å². The van der Waals surface area contributed by atoms with Crippen molar-refractivity contribution in [3.63, 3.8) is 0 Å². The largest absolute Gasteiger partial charge is 0.316 e. The molecule has 0 aromatic heterocycles. The SMILES string of the molecule is Cc1ccc(C2(N)CC2(F)F)c(C)c1Br. The molecule has 1 unspecified atom stereocenters. The van der Waals surface area contributed by atoms with Gasteiger partial charge < -0.3 is 5.73 Å². The summed E-state index contributed by atoms with van der Waals surface area (Å²) in [5.74, 6) is -2.76. The highest BCUT2D eigenvalue weighted by Crippen LogP contribution is 2.58. The molecule has 2 N–H and O–H groups in total. The fraction of sp³-hybridized carbons (Fsp3) is 0.455. The Balaban J connectivity index is 2.53. The molecule has 0 heterocycles. The molecular formula is C11H12BrF2N. The summed E-state index contributed by atoms with van der Waals surface area (Å²) in [6.45, 7) is 3.74. The third-order valence-electron chi connectivity index (χ3n) is 3.09. The maximum atomic E-state index is 13.1. The smallest absolute Gasteiger partial charge is 0.272 e. The second kappa shape index (κ2) is 3.01. The third-order valence-corrected chi connectivity index (χ3v) is 4.31. The number of nitrogens with two attached hydrogens (primary N) is 1. The fourth-order valence-corrected chi connectivity index (χ4v) is 2.25. The lowest BCUT2D eigenvalue weighted by atomic mass is 9.98. The van der Waals surface area contributed by atoms with Crippen LogP contribution in [0.2, 0.25) is 0 Å². The number of benzene rings is 1. The molecule has 1 fully saturated rings. The standard InChI is InChI=1S/C11H12BrF2N/c1-6-3-4-8(7(2)9(6)12)10(15)5-11(10,13)14/h3-4H,5,15H2,1-2H3. The normalized spacial score (nSPS) is 27.9. The van der Waals surface area contributed by atoms with Crippen LogP contribution in [-0.4, -0.2) is 5.92 Å². The number of aryl methyl sites for hydroxylation is 1. The zero-order chi connectivity index (χ0) is 11.4. The van der Waals surface area contributed by atoms with E-state index in [-0.39, 0.29) is 6.42 Å². The number of rotatable bonds is 1. The van der Waals surface area contributed by atoms with Crippen molar-refractivity contribution in [2.75, 3.05) is 0 Å². The maximum Gasteiger partial charge on any atom is 0.272 e. The molecule has 2 rings (SSSR count). The van der Waals surface area contributed by atoms with E-state index < -0.39 is 11.5 Å². The minimum atomic E-state index is -2.76. The molecule has 1 nitrogen and oxygen atoms in total. The molecule has 0 spiro atoms. The first-order valence-corrected chi connectivity index (χ1v) is 5.52. The molecule has 1 atom stereocenters. The Kier molecular flexibility index (Phi) is 2.21. The summed E-state index contributed by atoms with van der Waals surface area (Å²) in [7, 11) is 0. The topological polar surface area (TPSA) is 26.0 Å². The van der Waals surface area contributed by atoms with Crippen LogP contribution < -0.4 is 5.73 Å². The monoisotopic (exact) mass is 275 g/mol. The molecule has 1 aliphatic rings. The van der Waals surface area contributed by atoms with Crippen LogP contribution in [0.1, 0.15) is 23.1 Å². The summed E-state index contributed by atoms with van der Waals surface area (Å²) < 4.78 is 27.1. The van der Waals surface area contributed by atoms with Crippen molar-refractivity contribution in [2.45, 2.75) is 31.7 Å². The molecule has 0 amide bonds. The van der Waals surface area contributed by atoms with Gasteiger partial charge in [-0.15, -0.1) is 0 Å². The Bertz CT molecular complexity index is 431. The number of hydrogen-bond acceptors (Lipinski definition) is 1. The summed E-state index contributed by atoms with van der Waals surface area (Å²) in [6.07, 6.45) is -0.254. The van der Waals surface area contributed by atoms with Gasteiger partial charge in [0.2, 0.25) is 0 Å². The van der Waals surface area contributed by atoms with Gasteiger partial charge in [-0.05, 0) is 30.5 Å². The van der Waals surface area contributed by atoms with Crippen LogP contribution in [0.3, 0.4) is 0 Å². The van der Waals surface area contributed by atoms with E-state index in [1.807, 2.05) is 19.9 Å². The van der Waals surface area contributed by atoms with Gasteiger partial charge in [0, 0.05) is 10.9 Å². The van der Waals surface area contributed by atoms with Crippen molar-refractivity contribution in [2.24, 2.45) is 5.73 Å². The van der Waals surface area contributed by atoms with Crippen LogP contribution in [0.5, 0.6) is 0 Å². The Morgan fingerprint density at radius 2 is 1.87 bits per heavy atom. The fourth-order valence-electron chi connectivity index (χ4n) is 1.90. The summed E-state index contributed by atoms with van der Waals surface area (Å²) >= 11 is 3.39. The molecule has 82 valence electrons. The van der Waals surface area contributed by atoms with Crippen molar-refractivity contribution in [3.8, 4) is 0 Å². The van der Waals surface area contributed by atoms with Gasteiger partial charge >= 0.3 is 0 Å². The van der Waals surface area contributed by atoms with Crippen LogP contribution in [-0.2, 0) is 5.54 Å². The zero-order valence-electron chi connectivity index (χ0n) is 8.57. The number of alkyl halides is 2. The average Bonchev–Trinajstić information content (AvgIpc) is 2.63. The summed E-state index contributed by atoms with van der Waals surface area (Å²) in [6, 6.07) is 3.52. The molecule has 1 aliphatic carbocycles. The van der Waals surface area contributed by atoms with E-state index in [1.165, 1.54) is 0 Å². The highest BCUT2D eigenvalue weighted by molar-refractivity contribution is 9.10. The van der Waals surface area contributed by atoms with Gasteiger partial charge in [-0.2, -0.15) is 0 Å². The van der Waals surface area contributed by atoms with Crippen molar-refractivity contribution in [1.82, 2.24) is 0 Å². The van der Waals surface area contributed by atoms with E-state index in [2.05, 4.69) is 15.9 Å². The zero-order valence-corrected chi connectivity index (χ0v) is 10.2. The van der Waals surface area contributed by atoms with Crippen molar-refractivity contribution in [3.05, 3.63) is 33.3 Å². The Morgan fingerprint density at radius 1 is 1.33 bits per heavy atom. The molecule has 1 aromatic carbocycles. The first kappa shape index (κ1) is 11.0. The molecule has 0 bridgehead atoms. The van der Waals surface area contributed by atoms with E-state index in [1.54, 1.807) is 6.07 Å². The molecule has 1 saturated carbocycles. The molecule has 0 radical (unpaired) electrons. The first-order chi connectivity index (χ1) is 6.79. The Morgan fingerprint density at radius 3 is 2.33 bits per heavy atom. The second-order valence-corrected chi connectivity index (χ2v) is 5.01. The maximum absolute atomic E-state index is 13.1. The second-order valence-electron chi connectivity index (χ2n) is 4.22. The Hall–Kier alpha value is -0.480. The quantitative estimate of drug-likeness (QED) is 0.837. The highest BCUT2D eigenvalue weighted by atomic mass is 79.9. The molecule has 0 saturated heterocycles. The van der Waals surface area contributed by atoms with E-state index >= 15 is 0 Å². The minimum Gasteiger partial charge on any atom is -0.316 e. The predicted octanol–water partition coefficient (Wildman–Crippen LogP) is 3.26. The lowest BCUT2D eigenvalue weighted by Gasteiger charge is -2.16. The predicted molar refractivity (Wildman–Crippen MR) is 59.0 cm³/mol.